The highest BCUT2D eigenvalue weighted by molar-refractivity contribution is 6.11. The number of carbonyl (C=O) groups is 2. The van der Waals surface area contributed by atoms with Gasteiger partial charge in [-0.2, -0.15) is 0 Å². The van der Waals surface area contributed by atoms with E-state index in [2.05, 4.69) is 0 Å². The predicted molar refractivity (Wildman–Crippen MR) is 94.5 cm³/mol. The second kappa shape index (κ2) is 5.85. The molecule has 0 unspecified atom stereocenters. The van der Waals surface area contributed by atoms with Gasteiger partial charge < -0.3 is 19.5 Å². The fourth-order valence-electron chi connectivity index (χ4n) is 3.55. The topological polar surface area (TPSA) is 76.1 Å². The zero-order valence-electron chi connectivity index (χ0n) is 14.6. The van der Waals surface area contributed by atoms with Gasteiger partial charge in [0.2, 0.25) is 6.79 Å². The number of fused-ring (bicyclic) bond motifs is 2. The maximum absolute atomic E-state index is 13.0. The van der Waals surface area contributed by atoms with Crippen molar-refractivity contribution in [3.8, 4) is 11.5 Å². The number of para-hydroxylation sites is 1. The Balaban J connectivity index is 1.69. The van der Waals surface area contributed by atoms with Crippen molar-refractivity contribution in [3.05, 3.63) is 53.6 Å². The molecule has 6 nitrogen and oxygen atoms in total. The third-order valence-corrected chi connectivity index (χ3v) is 4.81. The molecule has 1 amide bonds. The van der Waals surface area contributed by atoms with E-state index in [1.54, 1.807) is 41.3 Å². The van der Waals surface area contributed by atoms with E-state index < -0.39 is 11.5 Å². The second-order valence-corrected chi connectivity index (χ2v) is 6.81. The summed E-state index contributed by atoms with van der Waals surface area (Å²) >= 11 is 0. The van der Waals surface area contributed by atoms with E-state index in [0.717, 1.165) is 0 Å². The second-order valence-electron chi connectivity index (χ2n) is 6.81. The maximum atomic E-state index is 13.0. The Morgan fingerprint density at radius 1 is 1.19 bits per heavy atom. The highest BCUT2D eigenvalue weighted by atomic mass is 16.7. The molecule has 0 bridgehead atoms. The molecule has 1 N–H and O–H groups in total. The summed E-state index contributed by atoms with van der Waals surface area (Å²) in [6.45, 7) is 3.87. The molecular formula is C20H19NO5. The fraction of sp³-hybridized carbons (Fsp3) is 0.300. The molecule has 2 aromatic carbocycles. The molecular weight excluding hydrogens is 334 g/mol. The highest BCUT2D eigenvalue weighted by Crippen LogP contribution is 2.44. The molecule has 134 valence electrons. The molecule has 6 heteroatoms. The molecule has 0 aromatic heterocycles. The number of carbonyl (C=O) groups excluding carboxylic acids is 2. The van der Waals surface area contributed by atoms with Gasteiger partial charge in [0.05, 0.1) is 12.1 Å². The Hall–Kier alpha value is -2.86. The molecule has 0 radical (unpaired) electrons. The van der Waals surface area contributed by atoms with E-state index in [0.29, 0.717) is 28.3 Å². The van der Waals surface area contributed by atoms with Gasteiger partial charge in [-0.15, -0.1) is 0 Å². The minimum absolute atomic E-state index is 0.117. The van der Waals surface area contributed by atoms with Gasteiger partial charge in [0.15, 0.2) is 22.9 Å². The average Bonchev–Trinajstić information content (AvgIpc) is 3.16. The van der Waals surface area contributed by atoms with Crippen LogP contribution in [0, 0.1) is 0 Å². The smallest absolute Gasteiger partial charge is 0.264 e. The summed E-state index contributed by atoms with van der Waals surface area (Å²) in [4.78, 5) is 27.3. The van der Waals surface area contributed by atoms with E-state index in [1.807, 2.05) is 19.9 Å². The van der Waals surface area contributed by atoms with Gasteiger partial charge in [0, 0.05) is 17.2 Å². The number of anilines is 1. The lowest BCUT2D eigenvalue weighted by atomic mass is 9.88. The van der Waals surface area contributed by atoms with Gasteiger partial charge in [-0.25, -0.2) is 0 Å². The molecule has 2 heterocycles. The lowest BCUT2D eigenvalue weighted by Gasteiger charge is -2.25. The maximum Gasteiger partial charge on any atom is 0.264 e. The SMILES string of the molecule is CC(C)N1C(=O)[C@](O)(CC(=O)c2ccc3c(c2)OCO3)c2ccccc21. The Bertz CT molecular complexity index is 907. The summed E-state index contributed by atoms with van der Waals surface area (Å²) in [7, 11) is 0. The van der Waals surface area contributed by atoms with Crippen LogP contribution in [0.2, 0.25) is 0 Å². The number of rotatable bonds is 4. The minimum atomic E-state index is -1.87. The molecule has 2 aliphatic rings. The van der Waals surface area contributed by atoms with E-state index in [4.69, 9.17) is 9.47 Å². The summed E-state index contributed by atoms with van der Waals surface area (Å²) in [5, 5.41) is 11.2. The predicted octanol–water partition coefficient (Wildman–Crippen LogP) is 2.63. The van der Waals surface area contributed by atoms with Crippen LogP contribution in [0.15, 0.2) is 42.5 Å². The number of nitrogens with zero attached hydrogens (tertiary/aromatic N) is 1. The third kappa shape index (κ3) is 2.37. The largest absolute Gasteiger partial charge is 0.454 e. The number of amides is 1. The average molecular weight is 353 g/mol. The lowest BCUT2D eigenvalue weighted by Crippen LogP contribution is -2.44. The van der Waals surface area contributed by atoms with Crippen LogP contribution >= 0.6 is 0 Å². The van der Waals surface area contributed by atoms with Crippen molar-refractivity contribution in [1.82, 2.24) is 0 Å². The zero-order chi connectivity index (χ0) is 18.5. The Kier molecular flexibility index (Phi) is 3.73. The number of aliphatic hydroxyl groups is 1. The van der Waals surface area contributed by atoms with Crippen molar-refractivity contribution >= 4 is 17.4 Å². The Morgan fingerprint density at radius 3 is 2.69 bits per heavy atom. The first kappa shape index (κ1) is 16.6. The van der Waals surface area contributed by atoms with Crippen LogP contribution in [0.1, 0.15) is 36.2 Å². The van der Waals surface area contributed by atoms with Crippen molar-refractivity contribution in [2.45, 2.75) is 31.9 Å². The van der Waals surface area contributed by atoms with Gasteiger partial charge in [-0.3, -0.25) is 9.59 Å². The van der Waals surface area contributed by atoms with Gasteiger partial charge in [0.25, 0.3) is 5.91 Å². The summed E-state index contributed by atoms with van der Waals surface area (Å²) in [5.41, 5.74) is -0.383. The summed E-state index contributed by atoms with van der Waals surface area (Å²) in [5.74, 6) is 0.265. The Morgan fingerprint density at radius 2 is 1.92 bits per heavy atom. The van der Waals surface area contributed by atoms with Crippen molar-refractivity contribution in [3.63, 3.8) is 0 Å². The van der Waals surface area contributed by atoms with Gasteiger partial charge in [-0.05, 0) is 38.1 Å². The number of hydrogen-bond donors (Lipinski definition) is 1. The lowest BCUT2D eigenvalue weighted by molar-refractivity contribution is -0.136. The molecule has 26 heavy (non-hydrogen) atoms. The first-order valence-corrected chi connectivity index (χ1v) is 8.50. The van der Waals surface area contributed by atoms with Crippen LogP contribution in [0.25, 0.3) is 0 Å². The zero-order valence-corrected chi connectivity index (χ0v) is 14.6. The first-order valence-electron chi connectivity index (χ1n) is 8.50. The minimum Gasteiger partial charge on any atom is -0.454 e. The van der Waals surface area contributed by atoms with Crippen LogP contribution in [0.4, 0.5) is 5.69 Å². The van der Waals surface area contributed by atoms with Crippen molar-refractivity contribution < 1.29 is 24.2 Å². The van der Waals surface area contributed by atoms with Crippen molar-refractivity contribution in [1.29, 1.82) is 0 Å². The van der Waals surface area contributed by atoms with E-state index in [1.165, 1.54) is 0 Å². The summed E-state index contributed by atoms with van der Waals surface area (Å²) in [6, 6.07) is 11.8. The quantitative estimate of drug-likeness (QED) is 0.855. The van der Waals surface area contributed by atoms with Crippen LogP contribution < -0.4 is 14.4 Å². The third-order valence-electron chi connectivity index (χ3n) is 4.81. The number of hydrogen-bond acceptors (Lipinski definition) is 5. The van der Waals surface area contributed by atoms with Crippen LogP contribution in [-0.2, 0) is 10.4 Å². The number of ether oxygens (including phenoxy) is 2. The molecule has 4 rings (SSSR count). The van der Waals surface area contributed by atoms with Crippen molar-refractivity contribution in [2.24, 2.45) is 0 Å². The van der Waals surface area contributed by atoms with Gasteiger partial charge in [0.1, 0.15) is 0 Å². The molecule has 1 atom stereocenters. The molecule has 0 aliphatic carbocycles. The monoisotopic (exact) mass is 353 g/mol. The Labute approximate surface area is 151 Å². The number of benzene rings is 2. The first-order chi connectivity index (χ1) is 12.4. The van der Waals surface area contributed by atoms with Gasteiger partial charge in [-0.1, -0.05) is 18.2 Å². The van der Waals surface area contributed by atoms with Gasteiger partial charge >= 0.3 is 0 Å². The van der Waals surface area contributed by atoms with Crippen LogP contribution in [-0.4, -0.2) is 29.6 Å². The summed E-state index contributed by atoms with van der Waals surface area (Å²) < 4.78 is 10.5. The summed E-state index contributed by atoms with van der Waals surface area (Å²) in [6.07, 6.45) is -0.328. The normalized spacial score (nSPS) is 20.6. The van der Waals surface area contributed by atoms with E-state index in [-0.39, 0.29) is 25.0 Å². The van der Waals surface area contributed by atoms with E-state index in [9.17, 15) is 14.7 Å². The van der Waals surface area contributed by atoms with Crippen LogP contribution in [0.5, 0.6) is 11.5 Å². The van der Waals surface area contributed by atoms with E-state index >= 15 is 0 Å². The molecule has 0 fully saturated rings. The highest BCUT2D eigenvalue weighted by Gasteiger charge is 2.51. The molecule has 0 saturated heterocycles. The molecule has 2 aliphatic heterocycles. The fourth-order valence-corrected chi connectivity index (χ4v) is 3.55. The standard InChI is InChI=1S/C20H19NO5/c1-12(2)21-15-6-4-3-5-14(15)20(24,19(21)23)10-16(22)13-7-8-17-18(9-13)26-11-25-17/h3-9,12,24H,10-11H2,1-2H3/t20-/m0/s1. The number of ketones is 1. The van der Waals surface area contributed by atoms with Crippen LogP contribution in [0.3, 0.4) is 0 Å². The molecule has 0 saturated carbocycles. The molecule has 2 aromatic rings. The van der Waals surface area contributed by atoms with Crippen molar-refractivity contribution in [2.75, 3.05) is 11.7 Å². The number of Topliss-reactive ketones (excluding diaryl/α,β-unsaturated/α-hetero) is 1. The molecule has 0 spiro atoms.